The first kappa shape index (κ1) is 19.6. The van der Waals surface area contributed by atoms with Crippen molar-refractivity contribution in [3.8, 4) is 0 Å². The lowest BCUT2D eigenvalue weighted by molar-refractivity contribution is -0.142. The minimum Gasteiger partial charge on any atom is -0.461 e. The average Bonchev–Trinajstić information content (AvgIpc) is 2.66. The maximum atomic E-state index is 12.5. The molecule has 2 aromatic heterocycles. The van der Waals surface area contributed by atoms with E-state index < -0.39 is 17.5 Å². The van der Waals surface area contributed by atoms with Crippen LogP contribution in [0.25, 0.3) is 11.0 Å². The predicted molar refractivity (Wildman–Crippen MR) is 103 cm³/mol. The quantitative estimate of drug-likeness (QED) is 0.660. The molecule has 0 saturated carbocycles. The monoisotopic (exact) mass is 400 g/mol. The van der Waals surface area contributed by atoms with Crippen molar-refractivity contribution in [1.29, 1.82) is 0 Å². The Labute approximate surface area is 165 Å². The number of ether oxygens (including phenoxy) is 1. The Morgan fingerprint density at radius 3 is 2.71 bits per heavy atom. The van der Waals surface area contributed by atoms with Crippen molar-refractivity contribution in [2.75, 3.05) is 0 Å². The van der Waals surface area contributed by atoms with E-state index in [-0.39, 0.29) is 24.3 Å². The molecule has 0 aliphatic heterocycles. The number of nitrogens with one attached hydrogen (secondary N) is 1. The summed E-state index contributed by atoms with van der Waals surface area (Å²) in [5, 5.41) is 3.66. The largest absolute Gasteiger partial charge is 0.461 e. The van der Waals surface area contributed by atoms with Gasteiger partial charge in [-0.2, -0.15) is 0 Å². The molecule has 0 unspecified atom stereocenters. The molecule has 1 aromatic carbocycles. The van der Waals surface area contributed by atoms with Gasteiger partial charge in [0.15, 0.2) is 5.58 Å². The van der Waals surface area contributed by atoms with Crippen LogP contribution in [0.4, 0.5) is 0 Å². The van der Waals surface area contributed by atoms with Gasteiger partial charge in [0, 0.05) is 35.6 Å². The van der Waals surface area contributed by atoms with E-state index in [1.165, 1.54) is 19.2 Å². The van der Waals surface area contributed by atoms with Crippen molar-refractivity contribution in [1.82, 2.24) is 10.3 Å². The second-order valence-corrected chi connectivity index (χ2v) is 6.52. The molecule has 3 aromatic rings. The van der Waals surface area contributed by atoms with Gasteiger partial charge in [-0.15, -0.1) is 0 Å². The van der Waals surface area contributed by atoms with E-state index in [9.17, 15) is 14.4 Å². The molecule has 1 N–H and O–H groups in total. The molecule has 0 bridgehead atoms. The topological polar surface area (TPSA) is 98.5 Å². The molecule has 28 heavy (non-hydrogen) atoms. The number of esters is 1. The highest BCUT2D eigenvalue weighted by Gasteiger charge is 2.17. The molecule has 144 valence electrons. The van der Waals surface area contributed by atoms with Gasteiger partial charge in [0.25, 0.3) is 5.91 Å². The first-order valence-corrected chi connectivity index (χ1v) is 8.82. The second kappa shape index (κ2) is 8.22. The number of amides is 1. The van der Waals surface area contributed by atoms with Crippen LogP contribution in [0.15, 0.2) is 45.7 Å². The lowest BCUT2D eigenvalue weighted by atomic mass is 10.1. The number of benzene rings is 1. The predicted octanol–water partition coefficient (Wildman–Crippen LogP) is 3.14. The van der Waals surface area contributed by atoms with E-state index in [4.69, 9.17) is 20.8 Å². The number of carbonyl (C=O) groups excluding carboxylic acids is 2. The van der Waals surface area contributed by atoms with E-state index in [1.54, 1.807) is 31.2 Å². The Morgan fingerprint density at radius 2 is 2.00 bits per heavy atom. The van der Waals surface area contributed by atoms with E-state index in [2.05, 4.69) is 10.3 Å². The van der Waals surface area contributed by atoms with Crippen LogP contribution in [-0.4, -0.2) is 16.9 Å². The average molecular weight is 401 g/mol. The van der Waals surface area contributed by atoms with Crippen molar-refractivity contribution in [3.05, 3.63) is 74.4 Å². The van der Waals surface area contributed by atoms with Crippen molar-refractivity contribution in [2.24, 2.45) is 0 Å². The molecule has 0 aliphatic carbocycles. The van der Waals surface area contributed by atoms with Crippen LogP contribution in [-0.2, 0) is 22.7 Å². The maximum absolute atomic E-state index is 12.5. The van der Waals surface area contributed by atoms with Gasteiger partial charge in [-0.25, -0.2) is 4.79 Å². The molecule has 0 radical (unpaired) electrons. The standard InChI is InChI=1S/C20H17ClN2O5/c1-11-18-15(14(9-22-11)10-27-12(2)24)7-16(20(26)28-18)19(25)23-8-13-5-3-4-6-17(13)21/h3-7,9H,8,10H2,1-2H3,(H,23,25). The number of hydrogen-bond acceptors (Lipinski definition) is 6. The van der Waals surface area contributed by atoms with Gasteiger partial charge in [0.2, 0.25) is 0 Å². The second-order valence-electron chi connectivity index (χ2n) is 6.11. The fraction of sp³-hybridized carbons (Fsp3) is 0.200. The highest BCUT2D eigenvalue weighted by atomic mass is 35.5. The molecule has 0 spiro atoms. The first-order chi connectivity index (χ1) is 13.4. The smallest absolute Gasteiger partial charge is 0.349 e. The third-order valence-electron chi connectivity index (χ3n) is 4.11. The summed E-state index contributed by atoms with van der Waals surface area (Å²) in [4.78, 5) is 40.1. The van der Waals surface area contributed by atoms with Crippen molar-refractivity contribution >= 4 is 34.4 Å². The molecular formula is C20H17ClN2O5. The number of halogens is 1. The van der Waals surface area contributed by atoms with E-state index >= 15 is 0 Å². The Kier molecular flexibility index (Phi) is 5.75. The number of pyridine rings is 1. The Bertz CT molecular complexity index is 1120. The minimum absolute atomic E-state index is 0.0481. The zero-order chi connectivity index (χ0) is 20.3. The number of aromatic nitrogens is 1. The number of carbonyl (C=O) groups is 2. The lowest BCUT2D eigenvalue weighted by Gasteiger charge is -2.10. The summed E-state index contributed by atoms with van der Waals surface area (Å²) < 4.78 is 10.3. The number of rotatable bonds is 5. The molecule has 0 fully saturated rings. The van der Waals surface area contributed by atoms with Crippen LogP contribution in [0.3, 0.4) is 0 Å². The first-order valence-electron chi connectivity index (χ1n) is 8.44. The molecule has 2 heterocycles. The van der Waals surface area contributed by atoms with Gasteiger partial charge in [0.1, 0.15) is 12.2 Å². The third kappa shape index (κ3) is 4.20. The van der Waals surface area contributed by atoms with Crippen LogP contribution >= 0.6 is 11.6 Å². The van der Waals surface area contributed by atoms with Gasteiger partial charge >= 0.3 is 11.6 Å². The molecule has 0 saturated heterocycles. The molecular weight excluding hydrogens is 384 g/mol. The van der Waals surface area contributed by atoms with Crippen molar-refractivity contribution in [3.63, 3.8) is 0 Å². The van der Waals surface area contributed by atoms with Crippen molar-refractivity contribution < 1.29 is 18.7 Å². The fourth-order valence-electron chi connectivity index (χ4n) is 2.65. The zero-order valence-electron chi connectivity index (χ0n) is 15.2. The summed E-state index contributed by atoms with van der Waals surface area (Å²) in [5.74, 6) is -1.05. The van der Waals surface area contributed by atoms with Crippen LogP contribution < -0.4 is 10.9 Å². The van der Waals surface area contributed by atoms with Gasteiger partial charge in [0.05, 0.1) is 5.69 Å². The normalized spacial score (nSPS) is 10.7. The zero-order valence-corrected chi connectivity index (χ0v) is 16.0. The van der Waals surface area contributed by atoms with Crippen LogP contribution in [0.1, 0.15) is 34.1 Å². The van der Waals surface area contributed by atoms with Crippen LogP contribution in [0.5, 0.6) is 0 Å². The van der Waals surface area contributed by atoms with E-state index in [1.807, 2.05) is 0 Å². The molecule has 7 nitrogen and oxygen atoms in total. The molecule has 1 amide bonds. The summed E-state index contributed by atoms with van der Waals surface area (Å²) in [6.45, 7) is 3.08. The third-order valence-corrected chi connectivity index (χ3v) is 4.48. The van der Waals surface area contributed by atoms with E-state index in [0.717, 1.165) is 5.56 Å². The Balaban J connectivity index is 1.94. The number of aryl methyl sites for hydroxylation is 1. The lowest BCUT2D eigenvalue weighted by Crippen LogP contribution is -2.28. The number of nitrogens with zero attached hydrogens (tertiary/aromatic N) is 1. The summed E-state index contributed by atoms with van der Waals surface area (Å²) in [6.07, 6.45) is 1.52. The molecule has 3 rings (SSSR count). The molecule has 0 atom stereocenters. The van der Waals surface area contributed by atoms with Gasteiger partial charge < -0.3 is 14.5 Å². The highest BCUT2D eigenvalue weighted by Crippen LogP contribution is 2.21. The van der Waals surface area contributed by atoms with Gasteiger partial charge in [-0.3, -0.25) is 14.6 Å². The summed E-state index contributed by atoms with van der Waals surface area (Å²) >= 11 is 6.08. The highest BCUT2D eigenvalue weighted by molar-refractivity contribution is 6.31. The van der Waals surface area contributed by atoms with Crippen molar-refractivity contribution in [2.45, 2.75) is 27.0 Å². The molecule has 8 heteroatoms. The van der Waals surface area contributed by atoms with Crippen LogP contribution in [0, 0.1) is 6.92 Å². The van der Waals surface area contributed by atoms with E-state index in [0.29, 0.717) is 21.7 Å². The van der Waals surface area contributed by atoms with Gasteiger partial charge in [-0.05, 0) is 24.6 Å². The minimum atomic E-state index is -0.779. The summed E-state index contributed by atoms with van der Waals surface area (Å²) in [7, 11) is 0. The molecule has 0 aliphatic rings. The number of hydrogen-bond donors (Lipinski definition) is 1. The summed E-state index contributed by atoms with van der Waals surface area (Å²) in [5.41, 5.74) is 1.05. The van der Waals surface area contributed by atoms with Gasteiger partial charge in [-0.1, -0.05) is 29.8 Å². The SMILES string of the molecule is CC(=O)OCc1cnc(C)c2oc(=O)c(C(=O)NCc3ccccc3Cl)cc12. The summed E-state index contributed by atoms with van der Waals surface area (Å²) in [6, 6.07) is 8.50. The van der Waals surface area contributed by atoms with Crippen LogP contribution in [0.2, 0.25) is 5.02 Å². The Morgan fingerprint density at radius 1 is 1.25 bits per heavy atom. The fourth-order valence-corrected chi connectivity index (χ4v) is 2.85. The maximum Gasteiger partial charge on any atom is 0.349 e. The Hall–Kier alpha value is -3.19. The number of fused-ring (bicyclic) bond motifs is 1.